The van der Waals surface area contributed by atoms with Gasteiger partial charge in [0.1, 0.15) is 12.4 Å². The minimum absolute atomic E-state index is 0.0263. The van der Waals surface area contributed by atoms with Crippen molar-refractivity contribution in [3.8, 4) is 11.1 Å². The van der Waals surface area contributed by atoms with Crippen LogP contribution in [0.15, 0.2) is 36.9 Å². The first-order valence-corrected chi connectivity index (χ1v) is 10.3. The number of piperidine rings is 3. The van der Waals surface area contributed by atoms with Gasteiger partial charge in [0.2, 0.25) is 0 Å². The summed E-state index contributed by atoms with van der Waals surface area (Å²) in [5, 5.41) is 3.14. The summed E-state index contributed by atoms with van der Waals surface area (Å²) in [6.45, 7) is 3.19. The normalized spacial score (nSPS) is 28.4. The van der Waals surface area contributed by atoms with Crippen LogP contribution in [0.5, 0.6) is 0 Å². The van der Waals surface area contributed by atoms with Gasteiger partial charge in [0.25, 0.3) is 0 Å². The van der Waals surface area contributed by atoms with Gasteiger partial charge < -0.3 is 10.1 Å². The molecule has 1 N–H and O–H groups in total. The van der Waals surface area contributed by atoms with E-state index in [1.54, 1.807) is 6.33 Å². The molecule has 2 bridgehead atoms. The van der Waals surface area contributed by atoms with Crippen LogP contribution in [0.25, 0.3) is 11.1 Å². The molecule has 2 atom stereocenters. The summed E-state index contributed by atoms with van der Waals surface area (Å²) >= 11 is 0. The molecule has 1 aromatic heterocycles. The predicted molar refractivity (Wildman–Crippen MR) is 106 cm³/mol. The highest BCUT2D eigenvalue weighted by Crippen LogP contribution is 2.33. The Hall–Kier alpha value is -2.47. The average Bonchev–Trinajstić information content (AvgIpc) is 2.75. The quantitative estimate of drug-likeness (QED) is 0.887. The van der Waals surface area contributed by atoms with E-state index in [-0.39, 0.29) is 18.2 Å². The van der Waals surface area contributed by atoms with Crippen LogP contribution in [-0.4, -0.2) is 46.7 Å². The third kappa shape index (κ3) is 3.49. The molecule has 4 aliphatic rings. The van der Waals surface area contributed by atoms with E-state index >= 15 is 0 Å². The maximum atomic E-state index is 12.6. The lowest BCUT2D eigenvalue weighted by atomic mass is 9.85. The highest BCUT2D eigenvalue weighted by atomic mass is 16.6. The Balaban J connectivity index is 1.28. The fourth-order valence-electron chi connectivity index (χ4n) is 4.95. The Morgan fingerprint density at radius 3 is 2.68 bits per heavy atom. The molecule has 3 fully saturated rings. The molecule has 3 saturated heterocycles. The summed E-state index contributed by atoms with van der Waals surface area (Å²) in [6, 6.07) is 6.46. The van der Waals surface area contributed by atoms with E-state index in [2.05, 4.69) is 38.4 Å². The molecule has 2 aromatic rings. The molecule has 146 valence electrons. The van der Waals surface area contributed by atoms with Crippen molar-refractivity contribution in [3.63, 3.8) is 0 Å². The van der Waals surface area contributed by atoms with Gasteiger partial charge in [-0.3, -0.25) is 4.90 Å². The van der Waals surface area contributed by atoms with Gasteiger partial charge in [-0.25, -0.2) is 14.8 Å². The molecule has 28 heavy (non-hydrogen) atoms. The van der Waals surface area contributed by atoms with Crippen LogP contribution in [0.3, 0.4) is 0 Å². The highest BCUT2D eigenvalue weighted by Gasteiger charge is 2.37. The van der Waals surface area contributed by atoms with Crippen molar-refractivity contribution in [2.24, 2.45) is 5.92 Å². The topological polar surface area (TPSA) is 67.3 Å². The minimum atomic E-state index is -0.267. The summed E-state index contributed by atoms with van der Waals surface area (Å²) in [5.41, 5.74) is 4.63. The third-order valence-electron chi connectivity index (χ3n) is 6.50. The number of hydrogen-bond acceptors (Lipinski definition) is 5. The number of carbonyl (C=O) groups is 1. The van der Waals surface area contributed by atoms with Gasteiger partial charge >= 0.3 is 6.09 Å². The van der Waals surface area contributed by atoms with Gasteiger partial charge in [-0.15, -0.1) is 0 Å². The second kappa shape index (κ2) is 7.51. The molecule has 1 aliphatic carbocycles. The largest absolute Gasteiger partial charge is 0.445 e. The number of amides is 1. The predicted octanol–water partition coefficient (Wildman–Crippen LogP) is 3.34. The molecule has 0 radical (unpaired) electrons. The Kier molecular flexibility index (Phi) is 4.72. The maximum absolute atomic E-state index is 12.6. The molecule has 4 heterocycles. The summed E-state index contributed by atoms with van der Waals surface area (Å²) in [7, 11) is 0. The number of benzene rings is 1. The van der Waals surface area contributed by atoms with E-state index in [0.29, 0.717) is 5.92 Å². The SMILES string of the molecule is O=C(NC1CCCc2cc(-c3cncnc3)ccc21)O[C@H]1CN2CCC1CC2. The zero-order chi connectivity index (χ0) is 18.9. The Morgan fingerprint density at radius 1 is 1.11 bits per heavy atom. The maximum Gasteiger partial charge on any atom is 0.407 e. The molecule has 0 saturated carbocycles. The van der Waals surface area contributed by atoms with E-state index < -0.39 is 0 Å². The van der Waals surface area contributed by atoms with Gasteiger partial charge in [-0.05, 0) is 67.8 Å². The molecule has 1 unspecified atom stereocenters. The zero-order valence-corrected chi connectivity index (χ0v) is 16.0. The molecular formula is C22H26N4O2. The van der Waals surface area contributed by atoms with Crippen molar-refractivity contribution < 1.29 is 9.53 Å². The first kappa shape index (κ1) is 17.6. The average molecular weight is 378 g/mol. The number of aromatic nitrogens is 2. The standard InChI is InChI=1S/C22H26N4O2/c27-22(28-21-13-26-8-6-15(21)7-9-26)25-20-3-1-2-17-10-16(4-5-19(17)20)18-11-23-14-24-12-18/h4-5,10-12,14-15,20-21H,1-3,6-9,13H2,(H,25,27)/t20?,21-/m0/s1. The monoisotopic (exact) mass is 378 g/mol. The van der Waals surface area contributed by atoms with Crippen molar-refractivity contribution in [3.05, 3.63) is 48.0 Å². The fraction of sp³-hybridized carbons (Fsp3) is 0.500. The third-order valence-corrected chi connectivity index (χ3v) is 6.50. The molecule has 0 spiro atoms. The van der Waals surface area contributed by atoms with E-state index in [0.717, 1.165) is 62.9 Å². The Bertz CT molecular complexity index is 849. The van der Waals surface area contributed by atoms with Crippen LogP contribution in [0, 0.1) is 5.92 Å². The molecule has 6 nitrogen and oxygen atoms in total. The lowest BCUT2D eigenvalue weighted by Crippen LogP contribution is -2.52. The molecule has 1 amide bonds. The number of nitrogens with one attached hydrogen (secondary N) is 1. The number of alkyl carbamates (subject to hydrolysis) is 1. The van der Waals surface area contributed by atoms with Crippen LogP contribution in [-0.2, 0) is 11.2 Å². The lowest BCUT2D eigenvalue weighted by molar-refractivity contribution is -0.0340. The zero-order valence-electron chi connectivity index (χ0n) is 16.0. The van der Waals surface area contributed by atoms with Gasteiger partial charge in [-0.1, -0.05) is 18.2 Å². The molecule has 1 aromatic carbocycles. The number of carbonyl (C=O) groups excluding carboxylic acids is 1. The Morgan fingerprint density at radius 2 is 1.93 bits per heavy atom. The number of aryl methyl sites for hydroxylation is 1. The van der Waals surface area contributed by atoms with Crippen molar-refractivity contribution >= 4 is 6.09 Å². The smallest absolute Gasteiger partial charge is 0.407 e. The summed E-state index contributed by atoms with van der Waals surface area (Å²) in [6.07, 6.45) is 10.3. The fourth-order valence-corrected chi connectivity index (χ4v) is 4.95. The van der Waals surface area contributed by atoms with Gasteiger partial charge in [0.15, 0.2) is 0 Å². The lowest BCUT2D eigenvalue weighted by Gasteiger charge is -2.44. The summed E-state index contributed by atoms with van der Waals surface area (Å²) < 4.78 is 5.83. The van der Waals surface area contributed by atoms with Gasteiger partial charge in [0.05, 0.1) is 6.04 Å². The van der Waals surface area contributed by atoms with Crippen molar-refractivity contribution in [1.29, 1.82) is 0 Å². The van der Waals surface area contributed by atoms with Crippen molar-refractivity contribution in [1.82, 2.24) is 20.2 Å². The van der Waals surface area contributed by atoms with Gasteiger partial charge in [-0.2, -0.15) is 0 Å². The summed E-state index contributed by atoms with van der Waals surface area (Å²) in [4.78, 5) is 23.2. The van der Waals surface area contributed by atoms with Crippen LogP contribution in [0.2, 0.25) is 0 Å². The van der Waals surface area contributed by atoms with E-state index in [1.807, 2.05) is 12.4 Å². The molecule has 3 aliphatic heterocycles. The van der Waals surface area contributed by atoms with Gasteiger partial charge in [0, 0.05) is 24.5 Å². The second-order valence-corrected chi connectivity index (χ2v) is 8.21. The minimum Gasteiger partial charge on any atom is -0.445 e. The van der Waals surface area contributed by atoms with Crippen LogP contribution < -0.4 is 5.32 Å². The number of fused-ring (bicyclic) bond motifs is 4. The highest BCUT2D eigenvalue weighted by molar-refractivity contribution is 5.69. The van der Waals surface area contributed by atoms with E-state index in [1.165, 1.54) is 11.1 Å². The first-order valence-electron chi connectivity index (χ1n) is 10.3. The molecule has 6 rings (SSSR count). The van der Waals surface area contributed by atoms with Crippen LogP contribution >= 0.6 is 0 Å². The van der Waals surface area contributed by atoms with Crippen LogP contribution in [0.1, 0.15) is 42.9 Å². The summed E-state index contributed by atoms with van der Waals surface area (Å²) in [5.74, 6) is 0.532. The van der Waals surface area contributed by atoms with Crippen molar-refractivity contribution in [2.75, 3.05) is 19.6 Å². The van der Waals surface area contributed by atoms with Crippen LogP contribution in [0.4, 0.5) is 4.79 Å². The number of rotatable bonds is 3. The number of ether oxygens (including phenoxy) is 1. The van der Waals surface area contributed by atoms with E-state index in [9.17, 15) is 4.79 Å². The Labute approximate surface area is 165 Å². The first-order chi connectivity index (χ1) is 13.8. The number of hydrogen-bond donors (Lipinski definition) is 1. The number of nitrogens with zero attached hydrogens (tertiary/aromatic N) is 3. The van der Waals surface area contributed by atoms with E-state index in [4.69, 9.17) is 4.74 Å². The second-order valence-electron chi connectivity index (χ2n) is 8.21. The molecular weight excluding hydrogens is 352 g/mol. The van der Waals surface area contributed by atoms with Crippen molar-refractivity contribution in [2.45, 2.75) is 44.2 Å². The molecule has 6 heteroatoms.